The summed E-state index contributed by atoms with van der Waals surface area (Å²) in [6.45, 7) is 0. The number of rotatable bonds is 2. The Balaban J connectivity index is 2.30. The quantitative estimate of drug-likeness (QED) is 0.615. The number of aromatic nitrogens is 2. The minimum atomic E-state index is -4.76. The van der Waals surface area contributed by atoms with Gasteiger partial charge < -0.3 is 4.74 Å². The second-order valence-corrected chi connectivity index (χ2v) is 4.15. The van der Waals surface area contributed by atoms with Gasteiger partial charge in [0.2, 0.25) is 0 Å². The molecule has 0 atom stereocenters. The van der Waals surface area contributed by atoms with Crippen molar-refractivity contribution in [1.29, 1.82) is 0 Å². The summed E-state index contributed by atoms with van der Waals surface area (Å²) in [4.78, 5) is 7.32. The van der Waals surface area contributed by atoms with E-state index in [2.05, 4.69) is 30.6 Å². The summed E-state index contributed by atoms with van der Waals surface area (Å²) in [5.41, 5.74) is 0.301. The number of halogens is 5. The van der Waals surface area contributed by atoms with Gasteiger partial charge in [-0.15, -0.1) is 13.2 Å². The average Bonchev–Trinajstić information content (AvgIpc) is 2.32. The zero-order valence-corrected chi connectivity index (χ0v) is 10.7. The zero-order chi connectivity index (χ0) is 14.0. The molecule has 0 aliphatic carbocycles. The predicted molar refractivity (Wildman–Crippen MR) is 61.8 cm³/mol. The Morgan fingerprint density at radius 3 is 2.26 bits per heavy atom. The van der Waals surface area contributed by atoms with Gasteiger partial charge in [-0.1, -0.05) is 0 Å². The van der Waals surface area contributed by atoms with Crippen molar-refractivity contribution in [1.82, 2.24) is 9.97 Å². The Hall–Kier alpha value is -1.70. The van der Waals surface area contributed by atoms with Crippen LogP contribution >= 0.6 is 15.9 Å². The fourth-order valence-electron chi connectivity index (χ4n) is 1.36. The van der Waals surface area contributed by atoms with Crippen LogP contribution in [0.1, 0.15) is 0 Å². The zero-order valence-electron chi connectivity index (χ0n) is 9.08. The first-order valence-corrected chi connectivity index (χ1v) is 5.68. The van der Waals surface area contributed by atoms with Crippen molar-refractivity contribution in [2.45, 2.75) is 6.36 Å². The summed E-state index contributed by atoms with van der Waals surface area (Å²) in [6.07, 6.45) is -3.62. The normalized spacial score (nSPS) is 11.4. The van der Waals surface area contributed by atoms with E-state index >= 15 is 0 Å². The summed E-state index contributed by atoms with van der Waals surface area (Å²) in [5.74, 6) is -1.07. The molecule has 100 valence electrons. The van der Waals surface area contributed by atoms with Crippen molar-refractivity contribution < 1.29 is 22.3 Å². The van der Waals surface area contributed by atoms with Crippen molar-refractivity contribution in [3.63, 3.8) is 0 Å². The van der Waals surface area contributed by atoms with Gasteiger partial charge in [0.05, 0.1) is 0 Å². The minimum Gasteiger partial charge on any atom is -0.406 e. The number of nitrogens with zero attached hydrogens (tertiary/aromatic N) is 2. The second-order valence-electron chi connectivity index (χ2n) is 3.40. The lowest BCUT2D eigenvalue weighted by molar-refractivity contribution is -0.274. The van der Waals surface area contributed by atoms with Crippen LogP contribution in [0.5, 0.6) is 5.75 Å². The molecule has 0 amide bonds. The maximum Gasteiger partial charge on any atom is 0.573 e. The monoisotopic (exact) mass is 336 g/mol. The van der Waals surface area contributed by atoms with Gasteiger partial charge in [-0.05, 0) is 40.2 Å². The smallest absolute Gasteiger partial charge is 0.406 e. The van der Waals surface area contributed by atoms with Gasteiger partial charge in [0.1, 0.15) is 22.4 Å². The fraction of sp³-hybridized carbons (Fsp3) is 0.0909. The van der Waals surface area contributed by atoms with E-state index in [4.69, 9.17) is 0 Å². The molecule has 0 N–H and O–H groups in total. The molecule has 0 spiro atoms. The average molecular weight is 337 g/mol. The highest BCUT2D eigenvalue weighted by atomic mass is 79.9. The van der Waals surface area contributed by atoms with Crippen LogP contribution < -0.4 is 4.74 Å². The SMILES string of the molecule is Fc1c(Br)ncnc1-c1ccc(OC(F)(F)F)cc1. The lowest BCUT2D eigenvalue weighted by Gasteiger charge is -2.09. The van der Waals surface area contributed by atoms with Crippen LogP contribution in [0.15, 0.2) is 35.2 Å². The first-order chi connectivity index (χ1) is 8.87. The third-order valence-electron chi connectivity index (χ3n) is 2.11. The standard InChI is InChI=1S/C11H5BrF4N2O/c12-10-8(13)9(17-5-18-10)6-1-3-7(4-2-6)19-11(14,15)16/h1-5H. The van der Waals surface area contributed by atoms with Crippen LogP contribution in [0.25, 0.3) is 11.3 Å². The van der Waals surface area contributed by atoms with Crippen LogP contribution in [0.4, 0.5) is 17.6 Å². The van der Waals surface area contributed by atoms with Crippen LogP contribution in [0.3, 0.4) is 0 Å². The Bertz CT molecular complexity index is 586. The maximum atomic E-state index is 13.7. The molecule has 0 saturated heterocycles. The van der Waals surface area contributed by atoms with Crippen molar-refractivity contribution in [2.24, 2.45) is 0 Å². The van der Waals surface area contributed by atoms with Gasteiger partial charge in [-0.2, -0.15) is 0 Å². The molecule has 1 aromatic carbocycles. The first kappa shape index (κ1) is 13.7. The van der Waals surface area contributed by atoms with E-state index in [1.54, 1.807) is 0 Å². The van der Waals surface area contributed by atoms with Gasteiger partial charge in [0.25, 0.3) is 0 Å². The number of alkyl halides is 3. The molecular weight excluding hydrogens is 332 g/mol. The lowest BCUT2D eigenvalue weighted by atomic mass is 10.1. The largest absolute Gasteiger partial charge is 0.573 e. The molecule has 0 saturated carbocycles. The number of hydrogen-bond acceptors (Lipinski definition) is 3. The van der Waals surface area contributed by atoms with E-state index in [1.807, 2.05) is 0 Å². The molecule has 3 nitrogen and oxygen atoms in total. The number of hydrogen-bond donors (Lipinski definition) is 0. The third-order valence-corrected chi connectivity index (χ3v) is 2.66. The summed E-state index contributed by atoms with van der Waals surface area (Å²) in [7, 11) is 0. The van der Waals surface area contributed by atoms with E-state index < -0.39 is 12.2 Å². The summed E-state index contributed by atoms with van der Waals surface area (Å²) in [5, 5.41) is 0. The van der Waals surface area contributed by atoms with Gasteiger partial charge in [0.15, 0.2) is 5.82 Å². The Kier molecular flexibility index (Phi) is 3.70. The predicted octanol–water partition coefficient (Wildman–Crippen LogP) is 3.94. The van der Waals surface area contributed by atoms with Gasteiger partial charge in [-0.25, -0.2) is 14.4 Å². The molecular formula is C11H5BrF4N2O. The van der Waals surface area contributed by atoms with E-state index in [9.17, 15) is 17.6 Å². The Morgan fingerprint density at radius 1 is 1.05 bits per heavy atom. The number of benzene rings is 1. The first-order valence-electron chi connectivity index (χ1n) is 4.89. The Labute approximate surface area is 113 Å². The van der Waals surface area contributed by atoms with E-state index in [0.717, 1.165) is 18.5 Å². The highest BCUT2D eigenvalue weighted by molar-refractivity contribution is 9.10. The van der Waals surface area contributed by atoms with Gasteiger partial charge in [-0.3, -0.25) is 0 Å². The third kappa shape index (κ3) is 3.40. The molecule has 0 radical (unpaired) electrons. The van der Waals surface area contributed by atoms with E-state index in [0.29, 0.717) is 5.56 Å². The molecule has 0 unspecified atom stereocenters. The highest BCUT2D eigenvalue weighted by Gasteiger charge is 2.31. The molecule has 0 bridgehead atoms. The number of ether oxygens (including phenoxy) is 1. The summed E-state index contributed by atoms with van der Waals surface area (Å²) in [6, 6.07) is 4.72. The maximum absolute atomic E-state index is 13.7. The lowest BCUT2D eigenvalue weighted by Crippen LogP contribution is -2.16. The highest BCUT2D eigenvalue weighted by Crippen LogP contribution is 2.28. The molecule has 19 heavy (non-hydrogen) atoms. The van der Waals surface area contributed by atoms with E-state index in [1.165, 1.54) is 12.1 Å². The molecule has 0 fully saturated rings. The second kappa shape index (κ2) is 5.12. The van der Waals surface area contributed by atoms with Crippen molar-refractivity contribution in [2.75, 3.05) is 0 Å². The minimum absolute atomic E-state index is 0.0135. The van der Waals surface area contributed by atoms with Crippen LogP contribution in [0, 0.1) is 5.82 Å². The Morgan fingerprint density at radius 2 is 1.68 bits per heavy atom. The molecule has 8 heteroatoms. The summed E-state index contributed by atoms with van der Waals surface area (Å²) < 4.78 is 53.3. The molecule has 1 aromatic heterocycles. The van der Waals surface area contributed by atoms with Crippen LogP contribution in [0.2, 0.25) is 0 Å². The molecule has 2 aromatic rings. The topological polar surface area (TPSA) is 35.0 Å². The van der Waals surface area contributed by atoms with Crippen LogP contribution in [-0.4, -0.2) is 16.3 Å². The van der Waals surface area contributed by atoms with Crippen molar-refractivity contribution in [3.05, 3.63) is 41.0 Å². The van der Waals surface area contributed by atoms with E-state index in [-0.39, 0.29) is 16.0 Å². The van der Waals surface area contributed by atoms with Crippen LogP contribution in [-0.2, 0) is 0 Å². The summed E-state index contributed by atoms with van der Waals surface area (Å²) >= 11 is 2.90. The molecule has 2 rings (SSSR count). The fourth-order valence-corrected chi connectivity index (χ4v) is 1.64. The molecule has 1 heterocycles. The van der Waals surface area contributed by atoms with Crippen molar-refractivity contribution >= 4 is 15.9 Å². The molecule has 0 aliphatic heterocycles. The molecule has 0 aliphatic rings. The van der Waals surface area contributed by atoms with Gasteiger partial charge >= 0.3 is 6.36 Å². The van der Waals surface area contributed by atoms with Crippen molar-refractivity contribution in [3.8, 4) is 17.0 Å². The van der Waals surface area contributed by atoms with Gasteiger partial charge in [0, 0.05) is 5.56 Å².